The Morgan fingerprint density at radius 3 is 2.65 bits per heavy atom. The third-order valence-corrected chi connectivity index (χ3v) is 3.14. The molecule has 88 valence electrons. The van der Waals surface area contributed by atoms with Crippen molar-refractivity contribution in [1.29, 1.82) is 0 Å². The van der Waals surface area contributed by atoms with E-state index in [0.717, 1.165) is 17.7 Å². The van der Waals surface area contributed by atoms with Crippen molar-refractivity contribution in [2.24, 2.45) is 0 Å². The van der Waals surface area contributed by atoms with Gasteiger partial charge < -0.3 is 5.11 Å². The van der Waals surface area contributed by atoms with Crippen LogP contribution in [0.3, 0.4) is 0 Å². The molecule has 0 aliphatic rings. The molecule has 1 N–H and O–H groups in total. The van der Waals surface area contributed by atoms with Gasteiger partial charge in [0.2, 0.25) is 0 Å². The van der Waals surface area contributed by atoms with E-state index in [1.54, 1.807) is 6.20 Å². The average molecular weight is 227 g/mol. The van der Waals surface area contributed by atoms with Crippen LogP contribution >= 0.6 is 0 Å². The van der Waals surface area contributed by atoms with Gasteiger partial charge in [-0.2, -0.15) is 0 Å². The van der Waals surface area contributed by atoms with Crippen molar-refractivity contribution in [3.8, 4) is 17.0 Å². The van der Waals surface area contributed by atoms with E-state index in [0.29, 0.717) is 11.7 Å². The zero-order chi connectivity index (χ0) is 12.3. The first-order valence-corrected chi connectivity index (χ1v) is 5.96. The second-order valence-electron chi connectivity index (χ2n) is 4.30. The number of phenolic OH excluding ortho intramolecular Hbond substituents is 1. The van der Waals surface area contributed by atoms with Crippen LogP contribution < -0.4 is 0 Å². The van der Waals surface area contributed by atoms with E-state index in [2.05, 4.69) is 24.9 Å². The number of pyridine rings is 1. The Hall–Kier alpha value is -1.83. The summed E-state index contributed by atoms with van der Waals surface area (Å²) in [6.45, 7) is 4.31. The average Bonchev–Trinajstić information content (AvgIpc) is 2.38. The molecule has 0 saturated heterocycles. The molecule has 0 radical (unpaired) electrons. The van der Waals surface area contributed by atoms with E-state index < -0.39 is 0 Å². The van der Waals surface area contributed by atoms with E-state index in [4.69, 9.17) is 0 Å². The number of rotatable bonds is 3. The van der Waals surface area contributed by atoms with Gasteiger partial charge in [0.25, 0.3) is 0 Å². The molecule has 1 unspecified atom stereocenters. The normalized spacial score (nSPS) is 12.4. The number of aromatic nitrogens is 1. The molecule has 0 aliphatic carbocycles. The van der Waals surface area contributed by atoms with Crippen LogP contribution in [0.25, 0.3) is 11.3 Å². The highest BCUT2D eigenvalue weighted by atomic mass is 16.3. The lowest BCUT2D eigenvalue weighted by Gasteiger charge is -2.11. The highest BCUT2D eigenvalue weighted by Gasteiger charge is 2.09. The summed E-state index contributed by atoms with van der Waals surface area (Å²) in [5.74, 6) is 0.778. The minimum Gasteiger partial charge on any atom is -0.507 e. The lowest BCUT2D eigenvalue weighted by molar-refractivity contribution is 0.475. The van der Waals surface area contributed by atoms with Crippen molar-refractivity contribution in [2.45, 2.75) is 26.2 Å². The molecule has 0 spiro atoms. The van der Waals surface area contributed by atoms with Gasteiger partial charge in [0, 0.05) is 11.8 Å². The van der Waals surface area contributed by atoms with Crippen molar-refractivity contribution in [2.75, 3.05) is 0 Å². The fraction of sp³-hybridized carbons (Fsp3) is 0.267. The topological polar surface area (TPSA) is 33.1 Å². The first kappa shape index (κ1) is 11.6. The Kier molecular flexibility index (Phi) is 3.43. The second-order valence-corrected chi connectivity index (χ2v) is 4.30. The van der Waals surface area contributed by atoms with Crippen molar-refractivity contribution < 1.29 is 5.11 Å². The molecule has 1 atom stereocenters. The number of benzene rings is 1. The van der Waals surface area contributed by atoms with E-state index in [1.807, 2.05) is 30.3 Å². The number of hydrogen-bond acceptors (Lipinski definition) is 2. The van der Waals surface area contributed by atoms with Crippen LogP contribution in [0, 0.1) is 0 Å². The SMILES string of the molecule is CCC(C)c1ccc(-c2ccccn2)c(O)c1. The lowest BCUT2D eigenvalue weighted by Crippen LogP contribution is -1.92. The van der Waals surface area contributed by atoms with E-state index in [-0.39, 0.29) is 0 Å². The van der Waals surface area contributed by atoms with Crippen molar-refractivity contribution >= 4 is 0 Å². The summed E-state index contributed by atoms with van der Waals surface area (Å²) < 4.78 is 0. The lowest BCUT2D eigenvalue weighted by atomic mass is 9.96. The van der Waals surface area contributed by atoms with Gasteiger partial charge in [-0.1, -0.05) is 26.0 Å². The summed E-state index contributed by atoms with van der Waals surface area (Å²) in [7, 11) is 0. The minimum absolute atomic E-state index is 0.307. The van der Waals surface area contributed by atoms with Crippen LogP contribution in [-0.2, 0) is 0 Å². The zero-order valence-corrected chi connectivity index (χ0v) is 10.2. The summed E-state index contributed by atoms with van der Waals surface area (Å²) in [5.41, 5.74) is 2.77. The maximum absolute atomic E-state index is 10.0. The Bertz CT molecular complexity index is 494. The van der Waals surface area contributed by atoms with Crippen LogP contribution in [0.2, 0.25) is 0 Å². The van der Waals surface area contributed by atoms with Gasteiger partial charge >= 0.3 is 0 Å². The standard InChI is InChI=1S/C15H17NO/c1-3-11(2)12-7-8-13(15(17)10-12)14-6-4-5-9-16-14/h4-11,17H,3H2,1-2H3. The van der Waals surface area contributed by atoms with Crippen LogP contribution in [0.1, 0.15) is 31.7 Å². The molecule has 0 aliphatic heterocycles. The molecule has 2 rings (SSSR count). The molecular weight excluding hydrogens is 210 g/mol. The summed E-state index contributed by atoms with van der Waals surface area (Å²) in [6.07, 6.45) is 2.81. The van der Waals surface area contributed by atoms with Gasteiger partial charge in [-0.3, -0.25) is 4.98 Å². The molecule has 2 nitrogen and oxygen atoms in total. The van der Waals surface area contributed by atoms with Crippen LogP contribution in [0.4, 0.5) is 0 Å². The fourth-order valence-corrected chi connectivity index (χ4v) is 1.83. The van der Waals surface area contributed by atoms with Gasteiger partial charge in [0.05, 0.1) is 5.69 Å². The Morgan fingerprint density at radius 1 is 1.24 bits per heavy atom. The molecule has 17 heavy (non-hydrogen) atoms. The maximum atomic E-state index is 10.0. The van der Waals surface area contributed by atoms with Gasteiger partial charge in [0.1, 0.15) is 5.75 Å². The highest BCUT2D eigenvalue weighted by Crippen LogP contribution is 2.31. The zero-order valence-electron chi connectivity index (χ0n) is 10.2. The molecular formula is C15H17NO. The largest absolute Gasteiger partial charge is 0.507 e. The fourth-order valence-electron chi connectivity index (χ4n) is 1.83. The third-order valence-electron chi connectivity index (χ3n) is 3.14. The summed E-state index contributed by atoms with van der Waals surface area (Å²) in [6, 6.07) is 11.5. The monoisotopic (exact) mass is 227 g/mol. The quantitative estimate of drug-likeness (QED) is 0.860. The van der Waals surface area contributed by atoms with Crippen LogP contribution in [0.15, 0.2) is 42.6 Å². The van der Waals surface area contributed by atoms with Crippen molar-refractivity contribution in [3.63, 3.8) is 0 Å². The van der Waals surface area contributed by atoms with Gasteiger partial charge in [-0.15, -0.1) is 0 Å². The molecule has 1 heterocycles. The summed E-state index contributed by atoms with van der Waals surface area (Å²) in [5, 5.41) is 10.0. The predicted molar refractivity (Wildman–Crippen MR) is 70.0 cm³/mol. The molecule has 0 bridgehead atoms. The van der Waals surface area contributed by atoms with E-state index in [1.165, 1.54) is 5.56 Å². The molecule has 0 saturated carbocycles. The number of hydrogen-bond donors (Lipinski definition) is 1. The molecule has 1 aromatic carbocycles. The third kappa shape index (κ3) is 2.47. The van der Waals surface area contributed by atoms with E-state index in [9.17, 15) is 5.11 Å². The molecule has 1 aromatic heterocycles. The van der Waals surface area contributed by atoms with Crippen molar-refractivity contribution in [1.82, 2.24) is 4.98 Å². The number of aromatic hydroxyl groups is 1. The van der Waals surface area contributed by atoms with Gasteiger partial charge in [0.15, 0.2) is 0 Å². The highest BCUT2D eigenvalue weighted by molar-refractivity contribution is 5.67. The number of nitrogens with zero attached hydrogens (tertiary/aromatic N) is 1. The Balaban J connectivity index is 2.39. The van der Waals surface area contributed by atoms with Gasteiger partial charge in [-0.05, 0) is 42.2 Å². The molecule has 2 aromatic rings. The minimum atomic E-state index is 0.307. The maximum Gasteiger partial charge on any atom is 0.125 e. The van der Waals surface area contributed by atoms with Crippen LogP contribution in [-0.4, -0.2) is 10.1 Å². The van der Waals surface area contributed by atoms with E-state index >= 15 is 0 Å². The summed E-state index contributed by atoms with van der Waals surface area (Å²) in [4.78, 5) is 4.24. The van der Waals surface area contributed by atoms with Crippen LogP contribution in [0.5, 0.6) is 5.75 Å². The molecule has 0 amide bonds. The smallest absolute Gasteiger partial charge is 0.125 e. The molecule has 0 fully saturated rings. The first-order valence-electron chi connectivity index (χ1n) is 5.96. The van der Waals surface area contributed by atoms with Gasteiger partial charge in [-0.25, -0.2) is 0 Å². The first-order chi connectivity index (χ1) is 8.22. The Morgan fingerprint density at radius 2 is 2.06 bits per heavy atom. The Labute approximate surface area is 102 Å². The number of phenols is 1. The second kappa shape index (κ2) is 5.00. The van der Waals surface area contributed by atoms with Crippen molar-refractivity contribution in [3.05, 3.63) is 48.2 Å². The summed E-state index contributed by atoms with van der Waals surface area (Å²) >= 11 is 0. The predicted octanol–water partition coefficient (Wildman–Crippen LogP) is 3.97. The molecule has 2 heteroatoms.